The van der Waals surface area contributed by atoms with E-state index < -0.39 is 0 Å². The molecule has 0 spiro atoms. The molecular weight excluding hydrogens is 371 g/mol. The molecule has 0 saturated carbocycles. The Kier molecular flexibility index (Phi) is 22.8. The van der Waals surface area contributed by atoms with E-state index in [4.69, 9.17) is 0 Å². The number of hydrogen-bond donors (Lipinski definition) is 0. The van der Waals surface area contributed by atoms with Gasteiger partial charge < -0.3 is 0 Å². The molecule has 0 aliphatic heterocycles. The molecule has 0 aliphatic carbocycles. The van der Waals surface area contributed by atoms with Gasteiger partial charge in [0, 0.05) is 25.8 Å². The van der Waals surface area contributed by atoms with Crippen molar-refractivity contribution in [3.05, 3.63) is 0 Å². The van der Waals surface area contributed by atoms with Crippen molar-refractivity contribution in [3.8, 4) is 0 Å². The SMILES string of the molecule is CCCCCCCCCCCCCCCC.[Hf]. The van der Waals surface area contributed by atoms with E-state index in [-0.39, 0.29) is 25.8 Å². The van der Waals surface area contributed by atoms with E-state index in [1.807, 2.05) is 0 Å². The molecule has 0 amide bonds. The van der Waals surface area contributed by atoms with Crippen LogP contribution in [0.3, 0.4) is 0 Å². The van der Waals surface area contributed by atoms with Crippen LogP contribution in [0.15, 0.2) is 0 Å². The van der Waals surface area contributed by atoms with Gasteiger partial charge in [0.15, 0.2) is 0 Å². The van der Waals surface area contributed by atoms with Crippen molar-refractivity contribution in [1.29, 1.82) is 0 Å². The Morgan fingerprint density at radius 3 is 0.706 bits per heavy atom. The van der Waals surface area contributed by atoms with Crippen molar-refractivity contribution >= 4 is 0 Å². The van der Waals surface area contributed by atoms with Gasteiger partial charge in [-0.3, -0.25) is 0 Å². The third-order valence-corrected chi connectivity index (χ3v) is 3.46. The number of rotatable bonds is 13. The van der Waals surface area contributed by atoms with Gasteiger partial charge in [-0.15, -0.1) is 0 Å². The van der Waals surface area contributed by atoms with Crippen LogP contribution in [0.25, 0.3) is 0 Å². The maximum Gasteiger partial charge on any atom is 0 e. The molecule has 0 nitrogen and oxygen atoms in total. The Morgan fingerprint density at radius 2 is 0.529 bits per heavy atom. The fraction of sp³-hybridized carbons (Fsp3) is 1.00. The molecule has 0 bridgehead atoms. The summed E-state index contributed by atoms with van der Waals surface area (Å²) < 4.78 is 0. The minimum absolute atomic E-state index is 0. The molecular formula is C16H34Hf. The van der Waals surface area contributed by atoms with Gasteiger partial charge in [-0.2, -0.15) is 0 Å². The van der Waals surface area contributed by atoms with Crippen molar-refractivity contribution in [1.82, 2.24) is 0 Å². The first kappa shape index (κ1) is 20.2. The van der Waals surface area contributed by atoms with E-state index >= 15 is 0 Å². The summed E-state index contributed by atoms with van der Waals surface area (Å²) >= 11 is 0. The van der Waals surface area contributed by atoms with Crippen LogP contribution in [0.1, 0.15) is 104 Å². The minimum atomic E-state index is 0. The van der Waals surface area contributed by atoms with Crippen molar-refractivity contribution in [2.45, 2.75) is 104 Å². The average Bonchev–Trinajstić information content (AvgIpc) is 2.31. The smallest absolute Gasteiger partial charge is 0 e. The second kappa shape index (κ2) is 19.2. The largest absolute Gasteiger partial charge is 0.0654 e. The fourth-order valence-electron chi connectivity index (χ4n) is 2.27. The molecule has 0 N–H and O–H groups in total. The van der Waals surface area contributed by atoms with Crippen molar-refractivity contribution in [3.63, 3.8) is 0 Å². The molecule has 0 aromatic heterocycles. The Morgan fingerprint density at radius 1 is 0.353 bits per heavy atom. The van der Waals surface area contributed by atoms with E-state index in [0.717, 1.165) is 0 Å². The molecule has 0 unspecified atom stereocenters. The second-order valence-electron chi connectivity index (χ2n) is 5.24. The molecule has 0 radical (unpaired) electrons. The van der Waals surface area contributed by atoms with E-state index in [0.29, 0.717) is 0 Å². The van der Waals surface area contributed by atoms with Gasteiger partial charge in [0.25, 0.3) is 0 Å². The predicted octanol–water partition coefficient (Wildman–Crippen LogP) is 6.49. The van der Waals surface area contributed by atoms with Crippen LogP contribution in [0.5, 0.6) is 0 Å². The van der Waals surface area contributed by atoms with Gasteiger partial charge in [-0.05, 0) is 0 Å². The molecule has 17 heavy (non-hydrogen) atoms. The maximum atomic E-state index is 2.29. The first-order valence-electron chi connectivity index (χ1n) is 7.91. The first-order chi connectivity index (χ1) is 7.91. The van der Waals surface area contributed by atoms with Crippen molar-refractivity contribution in [2.24, 2.45) is 0 Å². The molecule has 0 heterocycles. The molecule has 0 rings (SSSR count). The maximum absolute atomic E-state index is 2.29. The van der Waals surface area contributed by atoms with E-state index in [1.54, 1.807) is 0 Å². The standard InChI is InChI=1S/C16H34.Hf/c1-3-5-7-9-11-13-15-16-14-12-10-8-6-4-2;/h3-16H2,1-2H3;. The molecule has 0 aromatic carbocycles. The summed E-state index contributed by atoms with van der Waals surface area (Å²) in [4.78, 5) is 0. The number of unbranched alkanes of at least 4 members (excludes halogenated alkanes) is 13. The number of hydrogen-bond acceptors (Lipinski definition) is 0. The van der Waals surface area contributed by atoms with Crippen molar-refractivity contribution in [2.75, 3.05) is 0 Å². The molecule has 1 heteroatoms. The van der Waals surface area contributed by atoms with Crippen LogP contribution < -0.4 is 0 Å². The first-order valence-corrected chi connectivity index (χ1v) is 7.91. The summed E-state index contributed by atoms with van der Waals surface area (Å²) in [6.45, 7) is 4.58. The molecule has 0 fully saturated rings. The summed E-state index contributed by atoms with van der Waals surface area (Å²) in [6.07, 6.45) is 20.4. The van der Waals surface area contributed by atoms with Gasteiger partial charge in [-0.1, -0.05) is 104 Å². The Labute approximate surface area is 129 Å². The van der Waals surface area contributed by atoms with Crippen LogP contribution in [-0.4, -0.2) is 0 Å². The molecule has 102 valence electrons. The summed E-state index contributed by atoms with van der Waals surface area (Å²) in [5, 5.41) is 0. The summed E-state index contributed by atoms with van der Waals surface area (Å²) in [5.41, 5.74) is 0. The van der Waals surface area contributed by atoms with Gasteiger partial charge >= 0.3 is 0 Å². The molecule has 0 aliphatic rings. The zero-order valence-corrected chi connectivity index (χ0v) is 16.0. The molecule has 0 atom stereocenters. The summed E-state index contributed by atoms with van der Waals surface area (Å²) in [5.74, 6) is 0. The zero-order valence-electron chi connectivity index (χ0n) is 12.4. The Balaban J connectivity index is 0. The van der Waals surface area contributed by atoms with Crippen LogP contribution in [-0.2, 0) is 25.8 Å². The topological polar surface area (TPSA) is 0 Å². The fourth-order valence-corrected chi connectivity index (χ4v) is 2.27. The van der Waals surface area contributed by atoms with Crippen molar-refractivity contribution < 1.29 is 25.8 Å². The summed E-state index contributed by atoms with van der Waals surface area (Å²) in [6, 6.07) is 0. The van der Waals surface area contributed by atoms with Gasteiger partial charge in [0.1, 0.15) is 0 Å². The Hall–Kier alpha value is 0.870. The third-order valence-electron chi connectivity index (χ3n) is 3.46. The second-order valence-corrected chi connectivity index (χ2v) is 5.24. The van der Waals surface area contributed by atoms with E-state index in [2.05, 4.69) is 13.8 Å². The third kappa shape index (κ3) is 19.4. The van der Waals surface area contributed by atoms with Gasteiger partial charge in [-0.25, -0.2) is 0 Å². The minimum Gasteiger partial charge on any atom is -0.0654 e. The van der Waals surface area contributed by atoms with E-state index in [1.165, 1.54) is 89.9 Å². The van der Waals surface area contributed by atoms with Crippen LogP contribution in [0, 0.1) is 0 Å². The Bertz CT molecular complexity index is 98.1. The van der Waals surface area contributed by atoms with E-state index in [9.17, 15) is 0 Å². The summed E-state index contributed by atoms with van der Waals surface area (Å²) in [7, 11) is 0. The quantitative estimate of drug-likeness (QED) is 0.243. The van der Waals surface area contributed by atoms with Crippen LogP contribution >= 0.6 is 0 Å². The molecule has 0 saturated heterocycles. The normalized spacial score (nSPS) is 10.2. The van der Waals surface area contributed by atoms with Crippen LogP contribution in [0.4, 0.5) is 0 Å². The molecule has 0 aromatic rings. The average molecular weight is 405 g/mol. The predicted molar refractivity (Wildman–Crippen MR) is 76.0 cm³/mol. The van der Waals surface area contributed by atoms with Gasteiger partial charge in [0.05, 0.1) is 0 Å². The van der Waals surface area contributed by atoms with Gasteiger partial charge in [0.2, 0.25) is 0 Å². The zero-order chi connectivity index (χ0) is 11.9. The van der Waals surface area contributed by atoms with Crippen LogP contribution in [0.2, 0.25) is 0 Å². The monoisotopic (exact) mass is 406 g/mol.